The Morgan fingerprint density at radius 2 is 1.44 bits per heavy atom. The first kappa shape index (κ1) is 21.9. The third kappa shape index (κ3) is 4.94. The molecule has 6 heteroatoms. The van der Waals surface area contributed by atoms with Gasteiger partial charge in [0, 0.05) is 53.7 Å². The summed E-state index contributed by atoms with van der Waals surface area (Å²) in [5.41, 5.74) is 5.15. The average molecular weight is 448 g/mol. The molecule has 1 heterocycles. The number of carbonyl (C=O) groups is 2. The molecule has 0 aromatic heterocycles. The molecule has 0 atom stereocenters. The van der Waals surface area contributed by atoms with Crippen LogP contribution in [0.1, 0.15) is 31.8 Å². The zero-order chi connectivity index (χ0) is 22.7. The van der Waals surface area contributed by atoms with E-state index in [0.29, 0.717) is 23.7 Å². The minimum atomic E-state index is -0.192. The second-order valence-electron chi connectivity index (χ2n) is 8.11. The number of carbonyl (C=O) groups excluding carboxylic acids is 2. The van der Waals surface area contributed by atoms with Crippen molar-refractivity contribution in [2.75, 3.05) is 36.4 Å². The molecule has 2 amide bonds. The second-order valence-corrected chi connectivity index (χ2v) is 8.52. The maximum absolute atomic E-state index is 12.7. The predicted octanol–water partition coefficient (Wildman–Crippen LogP) is 5.17. The molecule has 32 heavy (non-hydrogen) atoms. The van der Waals surface area contributed by atoms with Crippen LogP contribution in [0.2, 0.25) is 5.02 Å². The lowest BCUT2D eigenvalue weighted by Gasteiger charge is -2.36. The number of aryl methyl sites for hydroxylation is 2. The Kier molecular flexibility index (Phi) is 6.47. The van der Waals surface area contributed by atoms with E-state index < -0.39 is 0 Å². The Bertz CT molecular complexity index is 1120. The number of benzene rings is 3. The molecule has 164 valence electrons. The molecule has 0 radical (unpaired) electrons. The lowest BCUT2D eigenvalue weighted by Crippen LogP contribution is -2.48. The molecule has 0 aliphatic carbocycles. The van der Waals surface area contributed by atoms with E-state index in [0.717, 1.165) is 41.2 Å². The van der Waals surface area contributed by atoms with Gasteiger partial charge in [-0.15, -0.1) is 0 Å². The number of anilines is 2. The molecular weight excluding hydrogens is 422 g/mol. The normalized spacial score (nSPS) is 13.7. The Morgan fingerprint density at radius 3 is 2.06 bits per heavy atom. The molecule has 0 unspecified atom stereocenters. The molecule has 1 saturated heterocycles. The first-order valence-electron chi connectivity index (χ1n) is 10.7. The summed E-state index contributed by atoms with van der Waals surface area (Å²) in [6.45, 7) is 6.82. The number of rotatable bonds is 4. The van der Waals surface area contributed by atoms with Crippen LogP contribution in [0.15, 0.2) is 66.7 Å². The summed E-state index contributed by atoms with van der Waals surface area (Å²) in [5.74, 6) is -0.109. The molecule has 5 nitrogen and oxygen atoms in total. The van der Waals surface area contributed by atoms with Crippen molar-refractivity contribution in [3.8, 4) is 0 Å². The zero-order valence-electron chi connectivity index (χ0n) is 18.3. The molecule has 1 fully saturated rings. The van der Waals surface area contributed by atoms with E-state index >= 15 is 0 Å². The van der Waals surface area contributed by atoms with Gasteiger partial charge in [-0.2, -0.15) is 0 Å². The minimum absolute atomic E-state index is 0.0823. The Labute approximate surface area is 193 Å². The Morgan fingerprint density at radius 1 is 0.812 bits per heavy atom. The molecular formula is C26H26ClN3O2. The monoisotopic (exact) mass is 447 g/mol. The number of amides is 2. The summed E-state index contributed by atoms with van der Waals surface area (Å²) < 4.78 is 0. The molecule has 3 aromatic rings. The maximum atomic E-state index is 12.7. The highest BCUT2D eigenvalue weighted by Crippen LogP contribution is 2.22. The Hall–Kier alpha value is -3.31. The van der Waals surface area contributed by atoms with Crippen LogP contribution in [-0.2, 0) is 0 Å². The van der Waals surface area contributed by atoms with Gasteiger partial charge in [0.15, 0.2) is 0 Å². The number of hydrogen-bond donors (Lipinski definition) is 1. The molecule has 1 aliphatic rings. The zero-order valence-corrected chi connectivity index (χ0v) is 19.0. The first-order chi connectivity index (χ1) is 15.4. The standard InChI is InChI=1S/C26H26ClN3O2/c1-18-3-6-20(7-4-18)26(32)30-15-13-29(14-16-30)23-11-9-22(10-12-23)28-25(31)21-8-5-19(2)24(27)17-21/h3-12,17H,13-16H2,1-2H3,(H,28,31). The van der Waals surface area contributed by atoms with Crippen LogP contribution >= 0.6 is 11.6 Å². The fraction of sp³-hybridized carbons (Fsp3) is 0.231. The van der Waals surface area contributed by atoms with Crippen molar-refractivity contribution < 1.29 is 9.59 Å². The van der Waals surface area contributed by atoms with E-state index in [9.17, 15) is 9.59 Å². The van der Waals surface area contributed by atoms with Gasteiger partial charge >= 0.3 is 0 Å². The average Bonchev–Trinajstić information content (AvgIpc) is 2.81. The second kappa shape index (κ2) is 9.45. The summed E-state index contributed by atoms with van der Waals surface area (Å²) in [7, 11) is 0. The van der Waals surface area contributed by atoms with Gasteiger partial charge in [-0.1, -0.05) is 35.4 Å². The molecule has 0 saturated carbocycles. The topological polar surface area (TPSA) is 52.7 Å². The van der Waals surface area contributed by atoms with Gasteiger partial charge in [0.25, 0.3) is 11.8 Å². The van der Waals surface area contributed by atoms with E-state index in [1.165, 1.54) is 0 Å². The summed E-state index contributed by atoms with van der Waals surface area (Å²) in [4.78, 5) is 29.4. The quantitative estimate of drug-likeness (QED) is 0.600. The van der Waals surface area contributed by atoms with Crippen LogP contribution in [0.3, 0.4) is 0 Å². The third-order valence-corrected chi connectivity index (χ3v) is 6.20. The van der Waals surface area contributed by atoms with Crippen molar-refractivity contribution >= 4 is 34.8 Å². The highest BCUT2D eigenvalue weighted by atomic mass is 35.5. The van der Waals surface area contributed by atoms with E-state index in [4.69, 9.17) is 11.6 Å². The predicted molar refractivity (Wildman–Crippen MR) is 130 cm³/mol. The van der Waals surface area contributed by atoms with E-state index in [-0.39, 0.29) is 11.8 Å². The van der Waals surface area contributed by atoms with Crippen molar-refractivity contribution in [2.24, 2.45) is 0 Å². The first-order valence-corrected chi connectivity index (χ1v) is 11.1. The Balaban J connectivity index is 1.33. The molecule has 0 spiro atoms. The van der Waals surface area contributed by atoms with Gasteiger partial charge < -0.3 is 15.1 Å². The smallest absolute Gasteiger partial charge is 0.255 e. The van der Waals surface area contributed by atoms with E-state index in [1.54, 1.807) is 12.1 Å². The largest absolute Gasteiger partial charge is 0.368 e. The van der Waals surface area contributed by atoms with Gasteiger partial charge in [-0.25, -0.2) is 0 Å². The number of nitrogens with one attached hydrogen (secondary N) is 1. The highest BCUT2D eigenvalue weighted by Gasteiger charge is 2.22. The summed E-state index contributed by atoms with van der Waals surface area (Å²) in [6, 6.07) is 20.8. The van der Waals surface area contributed by atoms with Crippen LogP contribution < -0.4 is 10.2 Å². The van der Waals surface area contributed by atoms with E-state index in [2.05, 4.69) is 10.2 Å². The summed E-state index contributed by atoms with van der Waals surface area (Å²) >= 11 is 6.13. The number of nitrogens with zero attached hydrogens (tertiary/aromatic N) is 2. The van der Waals surface area contributed by atoms with Crippen LogP contribution in [0.25, 0.3) is 0 Å². The fourth-order valence-electron chi connectivity index (χ4n) is 3.74. The van der Waals surface area contributed by atoms with Gasteiger partial charge in [-0.3, -0.25) is 9.59 Å². The third-order valence-electron chi connectivity index (χ3n) is 5.79. The van der Waals surface area contributed by atoms with Gasteiger partial charge in [0.2, 0.25) is 0 Å². The molecule has 1 N–H and O–H groups in total. The summed E-state index contributed by atoms with van der Waals surface area (Å²) in [6.07, 6.45) is 0. The summed E-state index contributed by atoms with van der Waals surface area (Å²) in [5, 5.41) is 3.49. The van der Waals surface area contributed by atoms with Crippen LogP contribution in [0.4, 0.5) is 11.4 Å². The molecule has 1 aliphatic heterocycles. The highest BCUT2D eigenvalue weighted by molar-refractivity contribution is 6.31. The van der Waals surface area contributed by atoms with Crippen LogP contribution in [0.5, 0.6) is 0 Å². The minimum Gasteiger partial charge on any atom is -0.368 e. The van der Waals surface area contributed by atoms with Gasteiger partial charge in [0.1, 0.15) is 0 Å². The van der Waals surface area contributed by atoms with Crippen molar-refractivity contribution in [1.82, 2.24) is 4.90 Å². The lowest BCUT2D eigenvalue weighted by atomic mass is 10.1. The van der Waals surface area contributed by atoms with Crippen LogP contribution in [0, 0.1) is 13.8 Å². The number of halogens is 1. The van der Waals surface area contributed by atoms with Crippen molar-refractivity contribution in [3.63, 3.8) is 0 Å². The van der Waals surface area contributed by atoms with Crippen molar-refractivity contribution in [2.45, 2.75) is 13.8 Å². The van der Waals surface area contributed by atoms with E-state index in [1.807, 2.05) is 73.3 Å². The fourth-order valence-corrected chi connectivity index (χ4v) is 3.92. The van der Waals surface area contributed by atoms with Gasteiger partial charge in [0.05, 0.1) is 0 Å². The van der Waals surface area contributed by atoms with Gasteiger partial charge in [-0.05, 0) is 67.9 Å². The number of piperazine rings is 1. The van der Waals surface area contributed by atoms with Crippen molar-refractivity contribution in [1.29, 1.82) is 0 Å². The number of hydrogen-bond acceptors (Lipinski definition) is 3. The molecule has 4 rings (SSSR count). The molecule has 3 aromatic carbocycles. The van der Waals surface area contributed by atoms with Crippen molar-refractivity contribution in [3.05, 3.63) is 94.0 Å². The maximum Gasteiger partial charge on any atom is 0.255 e. The molecule has 0 bridgehead atoms. The lowest BCUT2D eigenvalue weighted by molar-refractivity contribution is 0.0746. The SMILES string of the molecule is Cc1ccc(C(=O)N2CCN(c3ccc(NC(=O)c4ccc(C)c(Cl)c4)cc3)CC2)cc1. The van der Waals surface area contributed by atoms with Crippen LogP contribution in [-0.4, -0.2) is 42.9 Å².